The largest absolute Gasteiger partial charge is 0.386 e. The molecule has 1 aliphatic rings. The van der Waals surface area contributed by atoms with Crippen molar-refractivity contribution in [2.75, 3.05) is 47.2 Å². The molecule has 2 rings (SSSR count). The monoisotopic (exact) mass is 778 g/mol. The number of aliphatic hydroxyl groups excluding tert-OH is 1. The number of ether oxygens (including phenoxy) is 2. The standard InChI is InChI=1S/C41H71N5O7S/c1-13-27(6)36(45(10)41(51)34(25(2)3)43-40(50)35(26(4)5)44(9)22-23-54)32(52-11)24-33(47)46-21-17-20-31(46)38(53-12)28(7)39(49)42-29(8)37(48)30-18-15-14-16-19-30/h14-16,18-19,25-29,31-32,34-38,48,54H,13,17,20-24H2,1-12H3,(H,42,49)(H,43,50)/t27?,28?,29?,31-,32?,34?,35?,36?,37?,38?/m0/s1. The Bertz CT molecular complexity index is 1320. The molecule has 1 fully saturated rings. The summed E-state index contributed by atoms with van der Waals surface area (Å²) < 4.78 is 12.0. The van der Waals surface area contributed by atoms with Gasteiger partial charge in [-0.1, -0.05) is 85.2 Å². The van der Waals surface area contributed by atoms with Crippen molar-refractivity contribution in [1.82, 2.24) is 25.3 Å². The van der Waals surface area contributed by atoms with Crippen LogP contribution >= 0.6 is 12.6 Å². The van der Waals surface area contributed by atoms with Crippen LogP contribution in [0, 0.1) is 23.7 Å². The van der Waals surface area contributed by atoms with Crippen molar-refractivity contribution in [1.29, 1.82) is 0 Å². The second-order valence-electron chi connectivity index (χ2n) is 15.9. The van der Waals surface area contributed by atoms with E-state index >= 15 is 0 Å². The van der Waals surface area contributed by atoms with Crippen molar-refractivity contribution in [3.63, 3.8) is 0 Å². The summed E-state index contributed by atoms with van der Waals surface area (Å²) in [6, 6.07) is 6.65. The van der Waals surface area contributed by atoms with Crippen LogP contribution in [-0.4, -0.2) is 133 Å². The van der Waals surface area contributed by atoms with Crippen LogP contribution in [-0.2, 0) is 28.7 Å². The first-order valence-electron chi connectivity index (χ1n) is 19.7. The van der Waals surface area contributed by atoms with Crippen LogP contribution in [0.4, 0.5) is 0 Å². The van der Waals surface area contributed by atoms with Gasteiger partial charge in [0, 0.05) is 40.1 Å². The Morgan fingerprint density at radius 1 is 0.944 bits per heavy atom. The summed E-state index contributed by atoms with van der Waals surface area (Å²) in [4.78, 5) is 61.1. The summed E-state index contributed by atoms with van der Waals surface area (Å²) in [6.07, 6.45) is 0.111. The minimum atomic E-state index is -0.879. The highest BCUT2D eigenvalue weighted by atomic mass is 32.1. The SMILES string of the molecule is CCC(C)C(C(CC(=O)N1CCC[C@H]1C(OC)C(C)C(=O)NC(C)C(O)c1ccccc1)OC)N(C)C(=O)C(NC(=O)C(C(C)C)N(C)CCS)C(C)C. The molecule has 0 bridgehead atoms. The Morgan fingerprint density at radius 3 is 2.09 bits per heavy atom. The predicted octanol–water partition coefficient (Wildman–Crippen LogP) is 4.17. The number of benzene rings is 1. The fourth-order valence-corrected chi connectivity index (χ4v) is 8.28. The maximum absolute atomic E-state index is 14.3. The number of hydrogen-bond acceptors (Lipinski definition) is 9. The number of aliphatic hydroxyl groups is 1. The van der Waals surface area contributed by atoms with Gasteiger partial charge in [0.05, 0.1) is 54.8 Å². The van der Waals surface area contributed by atoms with E-state index in [9.17, 15) is 24.3 Å². The van der Waals surface area contributed by atoms with Crippen LogP contribution in [0.15, 0.2) is 30.3 Å². The van der Waals surface area contributed by atoms with Gasteiger partial charge in [-0.3, -0.25) is 24.1 Å². The molecule has 308 valence electrons. The molecular formula is C41H71N5O7S. The molecule has 3 N–H and O–H groups in total. The van der Waals surface area contributed by atoms with Crippen LogP contribution in [0.25, 0.3) is 0 Å². The van der Waals surface area contributed by atoms with Gasteiger partial charge in [-0.25, -0.2) is 0 Å². The molecule has 4 amide bonds. The summed E-state index contributed by atoms with van der Waals surface area (Å²) in [6.45, 7) is 16.6. The Balaban J connectivity index is 2.26. The van der Waals surface area contributed by atoms with Gasteiger partial charge in [-0.15, -0.1) is 0 Å². The van der Waals surface area contributed by atoms with E-state index in [0.29, 0.717) is 30.8 Å². The van der Waals surface area contributed by atoms with E-state index in [4.69, 9.17) is 9.47 Å². The number of rotatable bonds is 22. The molecule has 1 heterocycles. The van der Waals surface area contributed by atoms with Crippen LogP contribution in [0.1, 0.15) is 92.7 Å². The van der Waals surface area contributed by atoms with E-state index in [2.05, 4.69) is 23.3 Å². The molecular weight excluding hydrogens is 707 g/mol. The molecule has 10 atom stereocenters. The zero-order valence-electron chi connectivity index (χ0n) is 35.0. The number of nitrogens with one attached hydrogen (secondary N) is 2. The van der Waals surface area contributed by atoms with Crippen LogP contribution < -0.4 is 10.6 Å². The van der Waals surface area contributed by atoms with E-state index in [1.165, 1.54) is 0 Å². The molecule has 1 aromatic rings. The van der Waals surface area contributed by atoms with Gasteiger partial charge in [-0.05, 0) is 50.1 Å². The van der Waals surface area contributed by atoms with Crippen molar-refractivity contribution < 1.29 is 33.8 Å². The number of nitrogens with zero attached hydrogens (tertiary/aromatic N) is 3. The van der Waals surface area contributed by atoms with Gasteiger partial charge in [-0.2, -0.15) is 12.6 Å². The minimum absolute atomic E-state index is 0.0212. The van der Waals surface area contributed by atoms with E-state index in [1.807, 2.05) is 83.8 Å². The molecule has 0 aromatic heterocycles. The van der Waals surface area contributed by atoms with E-state index in [0.717, 1.165) is 12.8 Å². The van der Waals surface area contributed by atoms with E-state index in [-0.39, 0.29) is 53.8 Å². The quantitative estimate of drug-likeness (QED) is 0.129. The van der Waals surface area contributed by atoms with Gasteiger partial charge in [0.25, 0.3) is 0 Å². The second-order valence-corrected chi connectivity index (χ2v) is 16.3. The Labute approximate surface area is 330 Å². The molecule has 0 radical (unpaired) electrons. The smallest absolute Gasteiger partial charge is 0.245 e. The third kappa shape index (κ3) is 12.4. The van der Waals surface area contributed by atoms with E-state index in [1.54, 1.807) is 44.9 Å². The number of likely N-dealkylation sites (N-methyl/N-ethyl adjacent to an activating group) is 2. The van der Waals surface area contributed by atoms with Crippen LogP contribution in [0.5, 0.6) is 0 Å². The first-order valence-corrected chi connectivity index (χ1v) is 20.4. The number of hydrogen-bond donors (Lipinski definition) is 4. The lowest BCUT2D eigenvalue weighted by molar-refractivity contribution is -0.148. The molecule has 54 heavy (non-hydrogen) atoms. The van der Waals surface area contributed by atoms with Gasteiger partial charge < -0.3 is 35.0 Å². The zero-order chi connectivity index (χ0) is 40.9. The number of carbonyl (C=O) groups excluding carboxylic acids is 4. The van der Waals surface area contributed by atoms with Gasteiger partial charge in [0.1, 0.15) is 6.04 Å². The maximum atomic E-state index is 14.3. The Hall–Kier alpha value is -2.71. The molecule has 9 unspecified atom stereocenters. The maximum Gasteiger partial charge on any atom is 0.245 e. The number of methoxy groups -OCH3 is 2. The first kappa shape index (κ1) is 47.4. The summed E-state index contributed by atoms with van der Waals surface area (Å²) in [5.74, 6) is -1.04. The zero-order valence-corrected chi connectivity index (χ0v) is 35.8. The third-order valence-corrected chi connectivity index (χ3v) is 11.5. The normalized spacial score (nSPS) is 19.8. The number of thiol groups is 1. The van der Waals surface area contributed by atoms with Gasteiger partial charge in [0.15, 0.2) is 0 Å². The fraction of sp³-hybridized carbons (Fsp3) is 0.756. The molecule has 0 aliphatic carbocycles. The van der Waals surface area contributed by atoms with Gasteiger partial charge >= 0.3 is 0 Å². The highest BCUT2D eigenvalue weighted by Gasteiger charge is 2.43. The van der Waals surface area contributed by atoms with Crippen molar-refractivity contribution >= 4 is 36.3 Å². The highest BCUT2D eigenvalue weighted by molar-refractivity contribution is 7.80. The number of carbonyl (C=O) groups is 4. The second kappa shape index (κ2) is 22.7. The van der Waals surface area contributed by atoms with E-state index < -0.39 is 48.4 Å². The Kier molecular flexibility index (Phi) is 20.0. The van der Waals surface area contributed by atoms with Crippen LogP contribution in [0.3, 0.4) is 0 Å². The highest BCUT2D eigenvalue weighted by Crippen LogP contribution is 2.30. The molecule has 1 saturated heterocycles. The molecule has 1 aromatic carbocycles. The lowest BCUT2D eigenvalue weighted by atomic mass is 9.89. The molecule has 12 nitrogen and oxygen atoms in total. The predicted molar refractivity (Wildman–Crippen MR) is 217 cm³/mol. The summed E-state index contributed by atoms with van der Waals surface area (Å²) in [7, 11) is 6.75. The minimum Gasteiger partial charge on any atom is -0.386 e. The molecule has 1 aliphatic heterocycles. The average Bonchev–Trinajstić information content (AvgIpc) is 3.62. The first-order chi connectivity index (χ1) is 25.5. The lowest BCUT2D eigenvalue weighted by Gasteiger charge is -2.41. The summed E-state index contributed by atoms with van der Waals surface area (Å²) in [5, 5.41) is 16.9. The average molecular weight is 778 g/mol. The summed E-state index contributed by atoms with van der Waals surface area (Å²) in [5.41, 5.74) is 0.710. The molecule has 0 spiro atoms. The number of amides is 4. The summed E-state index contributed by atoms with van der Waals surface area (Å²) >= 11 is 4.35. The van der Waals surface area contributed by atoms with Crippen molar-refractivity contribution in [2.45, 2.75) is 130 Å². The van der Waals surface area contributed by atoms with Gasteiger partial charge in [0.2, 0.25) is 23.6 Å². The lowest BCUT2D eigenvalue weighted by Crippen LogP contribution is -2.60. The van der Waals surface area contributed by atoms with Crippen molar-refractivity contribution in [3.05, 3.63) is 35.9 Å². The van der Waals surface area contributed by atoms with Crippen LogP contribution in [0.2, 0.25) is 0 Å². The molecule has 13 heteroatoms. The van der Waals surface area contributed by atoms with Crippen molar-refractivity contribution in [2.24, 2.45) is 23.7 Å². The van der Waals surface area contributed by atoms with Crippen molar-refractivity contribution in [3.8, 4) is 0 Å². The fourth-order valence-electron chi connectivity index (χ4n) is 7.96. The third-order valence-electron chi connectivity index (χ3n) is 11.3. The Morgan fingerprint density at radius 2 is 1.57 bits per heavy atom. The topological polar surface area (TPSA) is 141 Å². The number of likely N-dealkylation sites (tertiary alicyclic amines) is 1. The molecule has 0 saturated carbocycles.